The standard InChI is InChI=1S/C13H20N2O3S.ClH/c1-4-14-10(2)9-15-13(16)11-7-5-6-8-12(11)19(3,17)18;/h5-8,10,14H,4,9H2,1-3H3,(H,15,16);1H/t10-;/m1./s1. The molecule has 0 radical (unpaired) electrons. The fraction of sp³-hybridized carbons (Fsp3) is 0.462. The molecule has 0 saturated carbocycles. The Balaban J connectivity index is 0.00000361. The number of benzene rings is 1. The van der Waals surface area contributed by atoms with E-state index in [0.29, 0.717) is 6.54 Å². The van der Waals surface area contributed by atoms with Gasteiger partial charge in [0.15, 0.2) is 9.84 Å². The summed E-state index contributed by atoms with van der Waals surface area (Å²) in [6.45, 7) is 5.20. The minimum Gasteiger partial charge on any atom is -0.350 e. The topological polar surface area (TPSA) is 75.3 Å². The number of carbonyl (C=O) groups is 1. The van der Waals surface area contributed by atoms with Crippen molar-refractivity contribution >= 4 is 28.2 Å². The van der Waals surface area contributed by atoms with Gasteiger partial charge in [-0.25, -0.2) is 8.42 Å². The smallest absolute Gasteiger partial charge is 0.252 e. The first-order valence-corrected chi connectivity index (χ1v) is 8.06. The van der Waals surface area contributed by atoms with Gasteiger partial charge >= 0.3 is 0 Å². The highest BCUT2D eigenvalue weighted by Gasteiger charge is 2.18. The van der Waals surface area contributed by atoms with Gasteiger partial charge in [0.05, 0.1) is 10.5 Å². The summed E-state index contributed by atoms with van der Waals surface area (Å²) in [5.41, 5.74) is 0.189. The largest absolute Gasteiger partial charge is 0.350 e. The van der Waals surface area contributed by atoms with Gasteiger partial charge in [-0.3, -0.25) is 4.79 Å². The average molecular weight is 321 g/mol. The number of hydrogen-bond acceptors (Lipinski definition) is 4. The van der Waals surface area contributed by atoms with Crippen LogP contribution in [0.15, 0.2) is 29.2 Å². The van der Waals surface area contributed by atoms with Crippen LogP contribution in [0, 0.1) is 0 Å². The number of nitrogens with one attached hydrogen (secondary N) is 2. The molecule has 0 spiro atoms. The third-order valence-electron chi connectivity index (χ3n) is 2.65. The van der Waals surface area contributed by atoms with Crippen molar-refractivity contribution in [3.05, 3.63) is 29.8 Å². The van der Waals surface area contributed by atoms with Crippen molar-refractivity contribution in [2.24, 2.45) is 0 Å². The lowest BCUT2D eigenvalue weighted by Crippen LogP contribution is -2.39. The summed E-state index contributed by atoms with van der Waals surface area (Å²) in [5.74, 6) is -0.370. The van der Waals surface area contributed by atoms with E-state index in [1.807, 2.05) is 13.8 Å². The maximum absolute atomic E-state index is 12.0. The molecule has 1 atom stereocenters. The van der Waals surface area contributed by atoms with Gasteiger partial charge in [-0.1, -0.05) is 19.1 Å². The van der Waals surface area contributed by atoms with E-state index in [0.717, 1.165) is 12.8 Å². The molecule has 2 N–H and O–H groups in total. The molecular formula is C13H21ClN2O3S. The van der Waals surface area contributed by atoms with E-state index in [1.54, 1.807) is 12.1 Å². The molecule has 0 aliphatic heterocycles. The van der Waals surface area contributed by atoms with Crippen LogP contribution in [0.3, 0.4) is 0 Å². The van der Waals surface area contributed by atoms with Crippen LogP contribution in [-0.2, 0) is 9.84 Å². The third-order valence-corrected chi connectivity index (χ3v) is 3.81. The number of hydrogen-bond donors (Lipinski definition) is 2. The summed E-state index contributed by atoms with van der Waals surface area (Å²) >= 11 is 0. The molecule has 0 heterocycles. The number of likely N-dealkylation sites (N-methyl/N-ethyl adjacent to an activating group) is 1. The Morgan fingerprint density at radius 3 is 2.45 bits per heavy atom. The van der Waals surface area contributed by atoms with Crippen molar-refractivity contribution in [1.82, 2.24) is 10.6 Å². The minimum atomic E-state index is -3.40. The maximum Gasteiger partial charge on any atom is 0.252 e. The summed E-state index contributed by atoms with van der Waals surface area (Å²) < 4.78 is 23.2. The molecule has 0 saturated heterocycles. The Bertz CT molecular complexity index is 546. The zero-order valence-electron chi connectivity index (χ0n) is 11.8. The lowest BCUT2D eigenvalue weighted by Gasteiger charge is -2.14. The van der Waals surface area contributed by atoms with Gasteiger partial charge in [0, 0.05) is 18.8 Å². The van der Waals surface area contributed by atoms with E-state index in [-0.39, 0.29) is 34.8 Å². The number of halogens is 1. The molecule has 0 unspecified atom stereocenters. The van der Waals surface area contributed by atoms with Crippen molar-refractivity contribution in [2.75, 3.05) is 19.3 Å². The van der Waals surface area contributed by atoms with Gasteiger partial charge in [-0.05, 0) is 25.6 Å². The van der Waals surface area contributed by atoms with Gasteiger partial charge in [0.1, 0.15) is 0 Å². The van der Waals surface area contributed by atoms with E-state index in [1.165, 1.54) is 12.1 Å². The van der Waals surface area contributed by atoms with Crippen LogP contribution in [0.2, 0.25) is 0 Å². The molecule has 1 aromatic carbocycles. The van der Waals surface area contributed by atoms with Crippen LogP contribution in [0.5, 0.6) is 0 Å². The van der Waals surface area contributed by atoms with Gasteiger partial charge in [0.25, 0.3) is 5.91 Å². The van der Waals surface area contributed by atoms with Crippen molar-refractivity contribution in [3.8, 4) is 0 Å². The van der Waals surface area contributed by atoms with Crippen LogP contribution in [0.25, 0.3) is 0 Å². The SMILES string of the molecule is CCN[C@H](C)CNC(=O)c1ccccc1S(C)(=O)=O.Cl. The van der Waals surface area contributed by atoms with Crippen molar-refractivity contribution in [1.29, 1.82) is 0 Å². The molecule has 1 aromatic rings. The first kappa shape index (κ1) is 18.9. The van der Waals surface area contributed by atoms with Crippen LogP contribution < -0.4 is 10.6 Å². The second kappa shape index (κ2) is 8.24. The molecule has 0 fully saturated rings. The molecule has 1 amide bonds. The molecule has 0 aliphatic rings. The summed E-state index contributed by atoms with van der Waals surface area (Å²) in [6.07, 6.45) is 1.10. The quantitative estimate of drug-likeness (QED) is 0.827. The second-order valence-electron chi connectivity index (χ2n) is 4.44. The highest BCUT2D eigenvalue weighted by atomic mass is 35.5. The molecule has 1 rings (SSSR count). The first-order chi connectivity index (χ1) is 8.86. The molecular weight excluding hydrogens is 300 g/mol. The maximum atomic E-state index is 12.0. The molecule has 7 heteroatoms. The zero-order valence-corrected chi connectivity index (χ0v) is 13.5. The molecule has 20 heavy (non-hydrogen) atoms. The second-order valence-corrected chi connectivity index (χ2v) is 6.42. The summed E-state index contributed by atoms with van der Waals surface area (Å²) in [4.78, 5) is 12.1. The highest BCUT2D eigenvalue weighted by Crippen LogP contribution is 2.14. The number of sulfone groups is 1. The lowest BCUT2D eigenvalue weighted by atomic mass is 10.2. The molecule has 114 valence electrons. The van der Waals surface area contributed by atoms with Crippen molar-refractivity contribution in [3.63, 3.8) is 0 Å². The number of rotatable bonds is 6. The summed E-state index contributed by atoms with van der Waals surface area (Å²) in [5, 5.41) is 5.89. The summed E-state index contributed by atoms with van der Waals surface area (Å²) in [7, 11) is -3.40. The van der Waals surface area contributed by atoms with Crippen LogP contribution in [0.4, 0.5) is 0 Å². The Morgan fingerprint density at radius 2 is 1.90 bits per heavy atom. The zero-order chi connectivity index (χ0) is 14.5. The first-order valence-electron chi connectivity index (χ1n) is 6.17. The van der Waals surface area contributed by atoms with Gasteiger partial charge < -0.3 is 10.6 Å². The van der Waals surface area contributed by atoms with E-state index in [2.05, 4.69) is 10.6 Å². The van der Waals surface area contributed by atoms with Crippen LogP contribution >= 0.6 is 12.4 Å². The van der Waals surface area contributed by atoms with Gasteiger partial charge in [-0.15, -0.1) is 12.4 Å². The Kier molecular flexibility index (Phi) is 7.78. The number of amides is 1. The van der Waals surface area contributed by atoms with Gasteiger partial charge in [0.2, 0.25) is 0 Å². The molecule has 0 bridgehead atoms. The van der Waals surface area contributed by atoms with Gasteiger partial charge in [-0.2, -0.15) is 0 Å². The van der Waals surface area contributed by atoms with Crippen LogP contribution in [-0.4, -0.2) is 39.7 Å². The van der Waals surface area contributed by atoms with E-state index < -0.39 is 9.84 Å². The normalized spacial score (nSPS) is 12.3. The fourth-order valence-electron chi connectivity index (χ4n) is 1.74. The lowest BCUT2D eigenvalue weighted by molar-refractivity contribution is 0.0947. The molecule has 0 aromatic heterocycles. The van der Waals surface area contributed by atoms with E-state index >= 15 is 0 Å². The average Bonchev–Trinajstić information content (AvgIpc) is 2.35. The predicted octanol–water partition coefficient (Wildman–Crippen LogP) is 1.24. The monoisotopic (exact) mass is 320 g/mol. The Morgan fingerprint density at radius 1 is 1.30 bits per heavy atom. The highest BCUT2D eigenvalue weighted by molar-refractivity contribution is 7.90. The van der Waals surface area contributed by atoms with E-state index in [4.69, 9.17) is 0 Å². The predicted molar refractivity (Wildman–Crippen MR) is 82.3 cm³/mol. The Labute approximate surface area is 126 Å². The van der Waals surface area contributed by atoms with Crippen molar-refractivity contribution in [2.45, 2.75) is 24.8 Å². The van der Waals surface area contributed by atoms with Crippen molar-refractivity contribution < 1.29 is 13.2 Å². The fourth-order valence-corrected chi connectivity index (χ4v) is 2.63. The molecule has 0 aliphatic carbocycles. The van der Waals surface area contributed by atoms with Crippen LogP contribution in [0.1, 0.15) is 24.2 Å². The molecule has 5 nitrogen and oxygen atoms in total. The number of carbonyl (C=O) groups excluding carboxylic acids is 1. The van der Waals surface area contributed by atoms with E-state index in [9.17, 15) is 13.2 Å². The summed E-state index contributed by atoms with van der Waals surface area (Å²) in [6, 6.07) is 6.35. The Hall–Kier alpha value is -1.11. The minimum absolute atomic E-state index is 0. The third kappa shape index (κ3) is 5.48.